The predicted octanol–water partition coefficient (Wildman–Crippen LogP) is 4.13. The lowest BCUT2D eigenvalue weighted by Crippen LogP contribution is -2.31. The number of anilines is 1. The zero-order valence-corrected chi connectivity index (χ0v) is 14.6. The van der Waals surface area contributed by atoms with Crippen molar-refractivity contribution in [2.24, 2.45) is 0 Å². The predicted molar refractivity (Wildman–Crippen MR) is 99.3 cm³/mol. The maximum absolute atomic E-state index is 12.6. The van der Waals surface area contributed by atoms with Crippen LogP contribution in [0.4, 0.5) is 5.69 Å². The average molecular weight is 349 g/mol. The van der Waals surface area contributed by atoms with E-state index in [9.17, 15) is 4.79 Å². The highest BCUT2D eigenvalue weighted by atomic mass is 32.2. The fourth-order valence-corrected chi connectivity index (χ4v) is 4.70. The second-order valence-corrected chi connectivity index (χ2v) is 7.42. The van der Waals surface area contributed by atoms with Gasteiger partial charge in [-0.25, -0.2) is 0 Å². The molecule has 126 valence electrons. The Morgan fingerprint density at radius 2 is 1.76 bits per heavy atom. The number of hydrogen-bond acceptors (Lipinski definition) is 4. The summed E-state index contributed by atoms with van der Waals surface area (Å²) in [7, 11) is 0. The minimum atomic E-state index is 0.00899. The summed E-state index contributed by atoms with van der Waals surface area (Å²) in [6.45, 7) is 0.404. The van der Waals surface area contributed by atoms with Crippen molar-refractivity contribution >= 4 is 23.4 Å². The summed E-state index contributed by atoms with van der Waals surface area (Å²) < 4.78 is 0. The third kappa shape index (κ3) is 3.04. The summed E-state index contributed by atoms with van der Waals surface area (Å²) in [5, 5.41) is 11.8. The molecule has 0 saturated carbocycles. The number of carbonyl (C=O) groups is 1. The fourth-order valence-electron chi connectivity index (χ4n) is 4.03. The molecule has 1 saturated heterocycles. The number of nitriles is 1. The highest BCUT2D eigenvalue weighted by Crippen LogP contribution is 2.52. The molecule has 1 fully saturated rings. The Balaban J connectivity index is 1.46. The molecule has 0 aromatic heterocycles. The Kier molecular flexibility index (Phi) is 4.48. The summed E-state index contributed by atoms with van der Waals surface area (Å²) in [5.74, 6) is 0.382. The number of hydrogen-bond donors (Lipinski definition) is 1. The molecular formula is C20H19N3OS. The fraction of sp³-hybridized carbons (Fsp3) is 0.300. The number of nitrogens with one attached hydrogen (secondary N) is 1. The van der Waals surface area contributed by atoms with Crippen LogP contribution < -0.4 is 5.32 Å². The van der Waals surface area contributed by atoms with E-state index in [1.165, 1.54) is 22.9 Å². The van der Waals surface area contributed by atoms with E-state index < -0.39 is 0 Å². The average Bonchev–Trinajstić information content (AvgIpc) is 3.17. The smallest absolute Gasteiger partial charge is 0.238 e. The van der Waals surface area contributed by atoms with E-state index >= 15 is 0 Å². The molecule has 2 aliphatic rings. The van der Waals surface area contributed by atoms with Crippen molar-refractivity contribution in [3.63, 3.8) is 0 Å². The Morgan fingerprint density at radius 3 is 2.44 bits per heavy atom. The van der Waals surface area contributed by atoms with Gasteiger partial charge in [-0.15, -0.1) is 11.8 Å². The normalized spacial score (nSPS) is 20.9. The monoisotopic (exact) mass is 349 g/mol. The Labute approximate surface area is 151 Å². The number of benzene rings is 2. The standard InChI is InChI=1S/C20H19N3OS/c21-11-12-25-19-8-4-3-7-16(19)22-20(24)13-23-17-9-10-18(23)15-6-2-1-5-14(15)17/h1-8,17-18H,9-10,12-13H2,(H,22,24)/t17-,18-/m0/s1. The summed E-state index contributed by atoms with van der Waals surface area (Å²) in [5.41, 5.74) is 3.56. The van der Waals surface area contributed by atoms with Gasteiger partial charge in [0.05, 0.1) is 24.1 Å². The minimum absolute atomic E-state index is 0.00899. The van der Waals surface area contributed by atoms with Crippen LogP contribution in [-0.4, -0.2) is 23.1 Å². The zero-order chi connectivity index (χ0) is 17.2. The number of amides is 1. The molecule has 0 radical (unpaired) electrons. The van der Waals surface area contributed by atoms with Gasteiger partial charge < -0.3 is 5.32 Å². The van der Waals surface area contributed by atoms with E-state index in [-0.39, 0.29) is 5.91 Å². The second kappa shape index (κ2) is 6.91. The van der Waals surface area contributed by atoms with Crippen LogP contribution in [0.2, 0.25) is 0 Å². The molecule has 1 amide bonds. The molecular weight excluding hydrogens is 330 g/mol. The van der Waals surface area contributed by atoms with Gasteiger partial charge in [0.15, 0.2) is 0 Å². The van der Waals surface area contributed by atoms with Gasteiger partial charge in [-0.2, -0.15) is 5.26 Å². The van der Waals surface area contributed by atoms with Crippen LogP contribution in [0.25, 0.3) is 0 Å². The molecule has 4 nitrogen and oxygen atoms in total. The lowest BCUT2D eigenvalue weighted by Gasteiger charge is -2.21. The molecule has 2 aromatic rings. The zero-order valence-electron chi connectivity index (χ0n) is 13.8. The first-order chi connectivity index (χ1) is 12.3. The lowest BCUT2D eigenvalue weighted by molar-refractivity contribution is -0.117. The quantitative estimate of drug-likeness (QED) is 0.825. The lowest BCUT2D eigenvalue weighted by atomic mass is 9.92. The second-order valence-electron chi connectivity index (χ2n) is 6.40. The molecule has 2 aromatic carbocycles. The van der Waals surface area contributed by atoms with Crippen LogP contribution in [0.3, 0.4) is 0 Å². The number of carbonyl (C=O) groups excluding carboxylic acids is 1. The number of nitrogens with zero attached hydrogens (tertiary/aromatic N) is 2. The highest BCUT2D eigenvalue weighted by molar-refractivity contribution is 7.99. The maximum atomic E-state index is 12.6. The number of fused-ring (bicyclic) bond motifs is 5. The first kappa shape index (κ1) is 16.2. The third-order valence-corrected chi connectivity index (χ3v) is 5.95. The molecule has 0 aliphatic carbocycles. The van der Waals surface area contributed by atoms with Crippen molar-refractivity contribution in [1.29, 1.82) is 5.26 Å². The van der Waals surface area contributed by atoms with E-state index in [0.717, 1.165) is 23.4 Å². The van der Waals surface area contributed by atoms with Gasteiger partial charge in [-0.3, -0.25) is 9.69 Å². The summed E-state index contributed by atoms with van der Waals surface area (Å²) in [6.07, 6.45) is 2.26. The van der Waals surface area contributed by atoms with Crippen molar-refractivity contribution in [3.05, 3.63) is 59.7 Å². The Bertz CT molecular complexity index is 814. The van der Waals surface area contributed by atoms with E-state index in [2.05, 4.69) is 40.6 Å². The van der Waals surface area contributed by atoms with Crippen molar-refractivity contribution < 1.29 is 4.79 Å². The minimum Gasteiger partial charge on any atom is -0.324 e. The van der Waals surface area contributed by atoms with E-state index in [0.29, 0.717) is 24.4 Å². The highest BCUT2D eigenvalue weighted by Gasteiger charge is 2.44. The van der Waals surface area contributed by atoms with Gasteiger partial charge in [0.1, 0.15) is 0 Å². The molecule has 25 heavy (non-hydrogen) atoms. The van der Waals surface area contributed by atoms with Gasteiger partial charge in [0.25, 0.3) is 0 Å². The van der Waals surface area contributed by atoms with Crippen LogP contribution in [0.5, 0.6) is 0 Å². The first-order valence-corrected chi connectivity index (χ1v) is 9.49. The van der Waals surface area contributed by atoms with Gasteiger partial charge in [0, 0.05) is 17.0 Å². The molecule has 0 spiro atoms. The molecule has 1 N–H and O–H groups in total. The van der Waals surface area contributed by atoms with E-state index in [1.54, 1.807) is 0 Å². The van der Waals surface area contributed by atoms with Crippen molar-refractivity contribution in [3.8, 4) is 6.07 Å². The Hall–Kier alpha value is -2.29. The number of thioether (sulfide) groups is 1. The molecule has 2 aliphatic heterocycles. The van der Waals surface area contributed by atoms with Crippen LogP contribution in [0.1, 0.15) is 36.1 Å². The SMILES string of the molecule is N#CCSc1ccccc1NC(=O)CN1[C@H]2CC[C@H]1c1ccccc12. The van der Waals surface area contributed by atoms with Crippen molar-refractivity contribution in [1.82, 2.24) is 4.90 Å². The summed E-state index contributed by atoms with van der Waals surface area (Å²) in [6, 6.07) is 19.1. The Morgan fingerprint density at radius 1 is 1.12 bits per heavy atom. The molecule has 2 bridgehead atoms. The van der Waals surface area contributed by atoms with Gasteiger partial charge >= 0.3 is 0 Å². The number of rotatable bonds is 5. The molecule has 5 heteroatoms. The van der Waals surface area contributed by atoms with Crippen LogP contribution in [-0.2, 0) is 4.79 Å². The summed E-state index contributed by atoms with van der Waals surface area (Å²) in [4.78, 5) is 15.9. The van der Waals surface area contributed by atoms with Crippen LogP contribution in [0.15, 0.2) is 53.4 Å². The first-order valence-electron chi connectivity index (χ1n) is 8.51. The maximum Gasteiger partial charge on any atom is 0.238 e. The summed E-state index contributed by atoms with van der Waals surface area (Å²) >= 11 is 1.45. The van der Waals surface area contributed by atoms with Gasteiger partial charge in [-0.1, -0.05) is 36.4 Å². The molecule has 2 atom stereocenters. The molecule has 4 rings (SSSR count). The van der Waals surface area contributed by atoms with Crippen molar-refractivity contribution in [2.45, 2.75) is 29.8 Å². The van der Waals surface area contributed by atoms with Crippen molar-refractivity contribution in [2.75, 3.05) is 17.6 Å². The van der Waals surface area contributed by atoms with Crippen LogP contribution >= 0.6 is 11.8 Å². The third-order valence-electron chi connectivity index (χ3n) is 5.01. The molecule has 0 unspecified atom stereocenters. The number of para-hydroxylation sites is 1. The van der Waals surface area contributed by atoms with Gasteiger partial charge in [-0.05, 0) is 36.1 Å². The molecule has 2 heterocycles. The topological polar surface area (TPSA) is 56.1 Å². The van der Waals surface area contributed by atoms with Crippen LogP contribution in [0, 0.1) is 11.3 Å². The van der Waals surface area contributed by atoms with E-state index in [4.69, 9.17) is 5.26 Å². The largest absolute Gasteiger partial charge is 0.324 e. The van der Waals surface area contributed by atoms with E-state index in [1.807, 2.05) is 24.3 Å². The van der Waals surface area contributed by atoms with Gasteiger partial charge in [0.2, 0.25) is 5.91 Å².